The molecule has 134 valence electrons. The smallest absolute Gasteiger partial charge is 0.340 e. The lowest BCUT2D eigenvalue weighted by molar-refractivity contribution is -0.137. The predicted octanol–water partition coefficient (Wildman–Crippen LogP) is 5.94. The molecule has 0 aliphatic rings. The maximum atomic E-state index is 12.6. The zero-order chi connectivity index (χ0) is 18.7. The summed E-state index contributed by atoms with van der Waals surface area (Å²) in [6.07, 6.45) is -4.37. The van der Waals surface area contributed by atoms with Crippen molar-refractivity contribution in [1.82, 2.24) is 9.97 Å². The number of halogens is 4. The molecule has 2 N–H and O–H groups in total. The molecule has 3 aromatic rings. The van der Waals surface area contributed by atoms with Crippen LogP contribution in [0.3, 0.4) is 0 Å². The third-order valence-corrected chi connectivity index (χ3v) is 3.69. The Hall–Kier alpha value is -2.80. The summed E-state index contributed by atoms with van der Waals surface area (Å²) in [4.78, 5) is 8.58. The highest BCUT2D eigenvalue weighted by atomic mass is 35.5. The molecule has 0 spiro atoms. The van der Waals surface area contributed by atoms with Gasteiger partial charge >= 0.3 is 6.18 Å². The SMILES string of the molecule is Cc1cc(Nc2ccc(Cl)cc2)nc(Nc2ccc(C(F)(F)F)cc2)n1. The molecule has 1 heterocycles. The van der Waals surface area contributed by atoms with E-state index < -0.39 is 11.7 Å². The standard InChI is InChI=1S/C18H14ClF3N4/c1-11-10-16(24-14-8-4-13(19)5-9-14)26-17(23-11)25-15-6-2-12(3-7-15)18(20,21)22/h2-10H,1H3,(H2,23,24,25,26). The Bertz CT molecular complexity index is 894. The van der Waals surface area contributed by atoms with Crippen LogP contribution in [0.2, 0.25) is 5.02 Å². The van der Waals surface area contributed by atoms with Crippen molar-refractivity contribution in [3.05, 3.63) is 70.9 Å². The van der Waals surface area contributed by atoms with Crippen LogP contribution < -0.4 is 10.6 Å². The fourth-order valence-corrected chi connectivity index (χ4v) is 2.37. The number of alkyl halides is 3. The molecule has 0 bridgehead atoms. The first-order valence-electron chi connectivity index (χ1n) is 7.62. The summed E-state index contributed by atoms with van der Waals surface area (Å²) >= 11 is 5.86. The number of nitrogens with one attached hydrogen (secondary N) is 2. The molecule has 0 saturated heterocycles. The maximum Gasteiger partial charge on any atom is 0.416 e. The fourth-order valence-electron chi connectivity index (χ4n) is 2.24. The molecule has 0 fully saturated rings. The van der Waals surface area contributed by atoms with Gasteiger partial charge in [-0.2, -0.15) is 18.2 Å². The van der Waals surface area contributed by atoms with Crippen LogP contribution >= 0.6 is 11.6 Å². The van der Waals surface area contributed by atoms with E-state index in [0.29, 0.717) is 22.2 Å². The van der Waals surface area contributed by atoms with Gasteiger partial charge in [-0.15, -0.1) is 0 Å². The van der Waals surface area contributed by atoms with Gasteiger partial charge in [-0.25, -0.2) is 4.98 Å². The number of anilines is 4. The van der Waals surface area contributed by atoms with E-state index in [2.05, 4.69) is 20.6 Å². The predicted molar refractivity (Wildman–Crippen MR) is 96.2 cm³/mol. The Kier molecular flexibility index (Phi) is 4.99. The summed E-state index contributed by atoms with van der Waals surface area (Å²) in [5, 5.41) is 6.66. The molecular weight excluding hydrogens is 365 g/mol. The minimum absolute atomic E-state index is 0.279. The number of rotatable bonds is 4. The van der Waals surface area contributed by atoms with Crippen molar-refractivity contribution < 1.29 is 13.2 Å². The Balaban J connectivity index is 1.78. The molecule has 8 heteroatoms. The van der Waals surface area contributed by atoms with Crippen molar-refractivity contribution in [2.24, 2.45) is 0 Å². The van der Waals surface area contributed by atoms with Crippen LogP contribution in [-0.4, -0.2) is 9.97 Å². The zero-order valence-corrected chi connectivity index (χ0v) is 14.4. The highest BCUT2D eigenvalue weighted by molar-refractivity contribution is 6.30. The Morgan fingerprint density at radius 3 is 2.04 bits per heavy atom. The molecule has 3 rings (SSSR count). The van der Waals surface area contributed by atoms with Crippen LogP contribution in [0, 0.1) is 6.92 Å². The monoisotopic (exact) mass is 378 g/mol. The van der Waals surface area contributed by atoms with Gasteiger partial charge in [-0.05, 0) is 55.5 Å². The molecule has 0 saturated carbocycles. The van der Waals surface area contributed by atoms with Gasteiger partial charge in [-0.1, -0.05) is 11.6 Å². The van der Waals surface area contributed by atoms with E-state index >= 15 is 0 Å². The van der Waals surface area contributed by atoms with Crippen molar-refractivity contribution in [2.45, 2.75) is 13.1 Å². The quantitative estimate of drug-likeness (QED) is 0.589. The minimum Gasteiger partial charge on any atom is -0.340 e. The summed E-state index contributed by atoms with van der Waals surface area (Å²) in [6.45, 7) is 1.80. The lowest BCUT2D eigenvalue weighted by Gasteiger charge is -2.11. The van der Waals surface area contributed by atoms with Crippen LogP contribution in [0.25, 0.3) is 0 Å². The highest BCUT2D eigenvalue weighted by Crippen LogP contribution is 2.30. The molecule has 1 aromatic heterocycles. The van der Waals surface area contributed by atoms with Crippen molar-refractivity contribution in [1.29, 1.82) is 0 Å². The molecular formula is C18H14ClF3N4. The number of nitrogens with zero attached hydrogens (tertiary/aromatic N) is 2. The first-order chi connectivity index (χ1) is 12.3. The van der Waals surface area contributed by atoms with Gasteiger partial charge in [0.2, 0.25) is 5.95 Å². The van der Waals surface area contributed by atoms with Crippen molar-refractivity contribution >= 4 is 34.7 Å². The van der Waals surface area contributed by atoms with Crippen molar-refractivity contribution in [2.75, 3.05) is 10.6 Å². The van der Waals surface area contributed by atoms with Crippen LogP contribution in [0.1, 0.15) is 11.3 Å². The molecule has 4 nitrogen and oxygen atoms in total. The Morgan fingerprint density at radius 2 is 1.42 bits per heavy atom. The topological polar surface area (TPSA) is 49.8 Å². The normalized spacial score (nSPS) is 11.3. The summed E-state index contributed by atoms with van der Waals surface area (Å²) in [6, 6.07) is 13.5. The van der Waals surface area contributed by atoms with E-state index in [1.165, 1.54) is 12.1 Å². The fraction of sp³-hybridized carbons (Fsp3) is 0.111. The van der Waals surface area contributed by atoms with Gasteiger partial charge < -0.3 is 10.6 Å². The molecule has 0 aliphatic heterocycles. The van der Waals surface area contributed by atoms with E-state index in [1.807, 2.05) is 12.1 Å². The molecule has 0 aliphatic carbocycles. The molecule has 0 radical (unpaired) electrons. The average molecular weight is 379 g/mol. The third-order valence-electron chi connectivity index (χ3n) is 3.44. The maximum absolute atomic E-state index is 12.6. The van der Waals surface area contributed by atoms with Crippen LogP contribution in [0.4, 0.5) is 36.3 Å². The average Bonchev–Trinajstić information content (AvgIpc) is 2.56. The highest BCUT2D eigenvalue weighted by Gasteiger charge is 2.29. The van der Waals surface area contributed by atoms with Crippen LogP contribution in [0.15, 0.2) is 54.6 Å². The second-order valence-corrected chi connectivity index (χ2v) is 5.99. The van der Waals surface area contributed by atoms with Gasteiger partial charge in [-0.3, -0.25) is 0 Å². The first-order valence-corrected chi connectivity index (χ1v) is 8.00. The van der Waals surface area contributed by atoms with E-state index in [0.717, 1.165) is 17.8 Å². The largest absolute Gasteiger partial charge is 0.416 e. The summed E-state index contributed by atoms with van der Waals surface area (Å²) < 4.78 is 37.9. The third kappa shape index (κ3) is 4.64. The van der Waals surface area contributed by atoms with E-state index in [4.69, 9.17) is 11.6 Å². The molecule has 0 unspecified atom stereocenters. The van der Waals surface area contributed by atoms with Crippen LogP contribution in [-0.2, 0) is 6.18 Å². The lowest BCUT2D eigenvalue weighted by atomic mass is 10.2. The second-order valence-electron chi connectivity index (χ2n) is 5.55. The number of aromatic nitrogens is 2. The van der Waals surface area contributed by atoms with E-state index in [9.17, 15) is 13.2 Å². The van der Waals surface area contributed by atoms with Crippen molar-refractivity contribution in [3.63, 3.8) is 0 Å². The first kappa shape index (κ1) is 18.0. The van der Waals surface area contributed by atoms with Gasteiger partial charge in [0, 0.05) is 28.2 Å². The summed E-state index contributed by atoms with van der Waals surface area (Å²) in [5.74, 6) is 0.829. The number of hydrogen-bond donors (Lipinski definition) is 2. The summed E-state index contributed by atoms with van der Waals surface area (Å²) in [5.41, 5.74) is 1.25. The second kappa shape index (κ2) is 7.21. The number of benzene rings is 2. The minimum atomic E-state index is -4.37. The Labute approximate surface area is 153 Å². The lowest BCUT2D eigenvalue weighted by Crippen LogP contribution is -2.05. The zero-order valence-electron chi connectivity index (χ0n) is 13.6. The summed E-state index contributed by atoms with van der Waals surface area (Å²) in [7, 11) is 0. The molecule has 2 aromatic carbocycles. The van der Waals surface area contributed by atoms with E-state index in [1.54, 1.807) is 25.1 Å². The Morgan fingerprint density at radius 1 is 0.846 bits per heavy atom. The molecule has 0 atom stereocenters. The van der Waals surface area contributed by atoms with Gasteiger partial charge in [0.25, 0.3) is 0 Å². The van der Waals surface area contributed by atoms with Crippen molar-refractivity contribution in [3.8, 4) is 0 Å². The van der Waals surface area contributed by atoms with Gasteiger partial charge in [0.15, 0.2) is 0 Å². The van der Waals surface area contributed by atoms with Gasteiger partial charge in [0.1, 0.15) is 5.82 Å². The number of aryl methyl sites for hydroxylation is 1. The molecule has 0 amide bonds. The van der Waals surface area contributed by atoms with Gasteiger partial charge in [0.05, 0.1) is 5.56 Å². The van der Waals surface area contributed by atoms with Crippen LogP contribution in [0.5, 0.6) is 0 Å². The molecule has 26 heavy (non-hydrogen) atoms. The number of hydrogen-bond acceptors (Lipinski definition) is 4. The van der Waals surface area contributed by atoms with E-state index in [-0.39, 0.29) is 5.95 Å².